The van der Waals surface area contributed by atoms with Crippen molar-refractivity contribution >= 4 is 23.0 Å². The van der Waals surface area contributed by atoms with Crippen LogP contribution in [0.3, 0.4) is 0 Å². The van der Waals surface area contributed by atoms with Crippen LogP contribution in [0.2, 0.25) is 5.02 Å². The van der Waals surface area contributed by atoms with Crippen molar-refractivity contribution in [1.82, 2.24) is 0 Å². The first kappa shape index (κ1) is 15.3. The second-order valence-corrected chi connectivity index (χ2v) is 4.88. The molecule has 21 heavy (non-hydrogen) atoms. The molecular formula is C16H19ClN2O2. The number of hydrogen-bond donors (Lipinski definition) is 2. The van der Waals surface area contributed by atoms with Gasteiger partial charge in [0.15, 0.2) is 11.5 Å². The second-order valence-electron chi connectivity index (χ2n) is 4.47. The Morgan fingerprint density at radius 2 is 2.00 bits per heavy atom. The zero-order valence-electron chi connectivity index (χ0n) is 12.2. The van der Waals surface area contributed by atoms with E-state index in [4.69, 9.17) is 26.8 Å². The quantitative estimate of drug-likeness (QED) is 0.794. The average molecular weight is 307 g/mol. The molecule has 0 atom stereocenters. The van der Waals surface area contributed by atoms with Crippen molar-refractivity contribution in [1.29, 1.82) is 0 Å². The first-order chi connectivity index (χ1) is 10.2. The molecule has 2 aromatic carbocycles. The molecule has 112 valence electrons. The summed E-state index contributed by atoms with van der Waals surface area (Å²) in [6.45, 7) is 3.15. The Morgan fingerprint density at radius 1 is 1.19 bits per heavy atom. The minimum atomic E-state index is 0.546. The fraction of sp³-hybridized carbons (Fsp3) is 0.250. The van der Waals surface area contributed by atoms with E-state index < -0.39 is 0 Å². The monoisotopic (exact) mass is 306 g/mol. The van der Waals surface area contributed by atoms with Crippen LogP contribution < -0.4 is 20.5 Å². The van der Waals surface area contributed by atoms with E-state index in [2.05, 4.69) is 5.32 Å². The maximum atomic E-state index is 6.00. The maximum absolute atomic E-state index is 6.00. The van der Waals surface area contributed by atoms with Crippen LogP contribution in [0.25, 0.3) is 0 Å². The van der Waals surface area contributed by atoms with Crippen LogP contribution in [0, 0.1) is 0 Å². The molecule has 5 heteroatoms. The third-order valence-corrected chi connectivity index (χ3v) is 3.39. The third kappa shape index (κ3) is 3.73. The summed E-state index contributed by atoms with van der Waals surface area (Å²) in [4.78, 5) is 0. The number of benzene rings is 2. The topological polar surface area (TPSA) is 56.5 Å². The number of anilines is 2. The van der Waals surface area contributed by atoms with Gasteiger partial charge in [0.05, 0.1) is 30.1 Å². The second kappa shape index (κ2) is 7.09. The Morgan fingerprint density at radius 3 is 2.71 bits per heavy atom. The number of rotatable bonds is 6. The molecular weight excluding hydrogens is 288 g/mol. The predicted octanol–water partition coefficient (Wildman–Crippen LogP) is 3.94. The summed E-state index contributed by atoms with van der Waals surface area (Å²) in [5.74, 6) is 1.46. The van der Waals surface area contributed by atoms with Crippen molar-refractivity contribution < 1.29 is 9.47 Å². The number of halogens is 1. The molecule has 0 aromatic heterocycles. The Kier molecular flexibility index (Phi) is 5.17. The van der Waals surface area contributed by atoms with Crippen LogP contribution >= 0.6 is 11.6 Å². The van der Waals surface area contributed by atoms with Crippen LogP contribution in [-0.2, 0) is 6.54 Å². The van der Waals surface area contributed by atoms with E-state index >= 15 is 0 Å². The lowest BCUT2D eigenvalue weighted by atomic mass is 10.2. The van der Waals surface area contributed by atoms with E-state index in [0.29, 0.717) is 23.9 Å². The molecule has 4 nitrogen and oxygen atoms in total. The van der Waals surface area contributed by atoms with Crippen LogP contribution in [0.1, 0.15) is 12.5 Å². The van der Waals surface area contributed by atoms with Gasteiger partial charge in [0.1, 0.15) is 0 Å². The molecule has 0 aliphatic rings. The van der Waals surface area contributed by atoms with E-state index in [0.717, 1.165) is 22.7 Å². The van der Waals surface area contributed by atoms with Crippen LogP contribution in [0.4, 0.5) is 11.4 Å². The van der Waals surface area contributed by atoms with Crippen molar-refractivity contribution in [2.24, 2.45) is 0 Å². The molecule has 0 aliphatic heterocycles. The molecule has 3 N–H and O–H groups in total. The number of hydrogen-bond acceptors (Lipinski definition) is 4. The molecule has 0 saturated heterocycles. The Hall–Kier alpha value is -2.07. The highest BCUT2D eigenvalue weighted by Gasteiger charge is 2.06. The van der Waals surface area contributed by atoms with Crippen molar-refractivity contribution in [3.05, 3.63) is 47.0 Å². The first-order valence-electron chi connectivity index (χ1n) is 6.73. The number of ether oxygens (including phenoxy) is 2. The molecule has 2 aromatic rings. The highest BCUT2D eigenvalue weighted by atomic mass is 35.5. The lowest BCUT2D eigenvalue weighted by Crippen LogP contribution is -2.04. The molecule has 0 heterocycles. The smallest absolute Gasteiger partial charge is 0.161 e. The summed E-state index contributed by atoms with van der Waals surface area (Å²) < 4.78 is 10.8. The summed E-state index contributed by atoms with van der Waals surface area (Å²) in [5.41, 5.74) is 8.37. The van der Waals surface area contributed by atoms with E-state index in [1.807, 2.05) is 37.3 Å². The number of para-hydroxylation sites is 1. The highest BCUT2D eigenvalue weighted by molar-refractivity contribution is 6.33. The predicted molar refractivity (Wildman–Crippen MR) is 87.4 cm³/mol. The Bertz CT molecular complexity index is 617. The van der Waals surface area contributed by atoms with Crippen LogP contribution in [-0.4, -0.2) is 13.7 Å². The Labute approximate surface area is 129 Å². The lowest BCUT2D eigenvalue weighted by Gasteiger charge is -2.13. The van der Waals surface area contributed by atoms with Crippen molar-refractivity contribution in [3.63, 3.8) is 0 Å². The van der Waals surface area contributed by atoms with Gasteiger partial charge in [0, 0.05) is 6.54 Å². The van der Waals surface area contributed by atoms with Crippen LogP contribution in [0.15, 0.2) is 36.4 Å². The largest absolute Gasteiger partial charge is 0.493 e. The Balaban J connectivity index is 2.13. The zero-order valence-corrected chi connectivity index (χ0v) is 12.9. The number of nitrogens with one attached hydrogen (secondary N) is 1. The van der Waals surface area contributed by atoms with Gasteiger partial charge in [-0.25, -0.2) is 0 Å². The molecule has 2 rings (SSSR count). The number of methoxy groups -OCH3 is 1. The summed E-state index contributed by atoms with van der Waals surface area (Å²) in [6.07, 6.45) is 0. The van der Waals surface area contributed by atoms with Gasteiger partial charge >= 0.3 is 0 Å². The zero-order chi connectivity index (χ0) is 15.2. The minimum Gasteiger partial charge on any atom is -0.493 e. The molecule has 0 bridgehead atoms. The van der Waals surface area contributed by atoms with Gasteiger partial charge in [0.25, 0.3) is 0 Å². The average Bonchev–Trinajstić information content (AvgIpc) is 2.49. The molecule has 0 unspecified atom stereocenters. The summed E-state index contributed by atoms with van der Waals surface area (Å²) in [5, 5.41) is 3.82. The molecule has 0 fully saturated rings. The van der Waals surface area contributed by atoms with Gasteiger partial charge in [-0.3, -0.25) is 0 Å². The summed E-state index contributed by atoms with van der Waals surface area (Å²) in [7, 11) is 1.63. The van der Waals surface area contributed by atoms with E-state index in [1.165, 1.54) is 0 Å². The van der Waals surface area contributed by atoms with Crippen LogP contribution in [0.5, 0.6) is 11.5 Å². The molecule has 0 aliphatic carbocycles. The first-order valence-corrected chi connectivity index (χ1v) is 7.11. The van der Waals surface area contributed by atoms with Gasteiger partial charge < -0.3 is 20.5 Å². The maximum Gasteiger partial charge on any atom is 0.161 e. The molecule has 0 spiro atoms. The fourth-order valence-corrected chi connectivity index (χ4v) is 2.16. The van der Waals surface area contributed by atoms with Crippen molar-refractivity contribution in [2.75, 3.05) is 24.8 Å². The molecule has 0 radical (unpaired) electrons. The van der Waals surface area contributed by atoms with E-state index in [9.17, 15) is 0 Å². The fourth-order valence-electron chi connectivity index (χ4n) is 1.99. The minimum absolute atomic E-state index is 0.546. The van der Waals surface area contributed by atoms with Gasteiger partial charge in [-0.15, -0.1) is 0 Å². The van der Waals surface area contributed by atoms with E-state index in [1.54, 1.807) is 13.2 Å². The molecule has 0 amide bonds. The lowest BCUT2D eigenvalue weighted by molar-refractivity contribution is 0.310. The van der Waals surface area contributed by atoms with Gasteiger partial charge in [0.2, 0.25) is 0 Å². The number of nitrogen functional groups attached to an aromatic ring is 1. The van der Waals surface area contributed by atoms with E-state index in [-0.39, 0.29) is 0 Å². The highest BCUT2D eigenvalue weighted by Crippen LogP contribution is 2.30. The normalized spacial score (nSPS) is 10.2. The van der Waals surface area contributed by atoms with Crippen molar-refractivity contribution in [3.8, 4) is 11.5 Å². The standard InChI is InChI=1S/C16H19ClN2O2/c1-3-21-15-9-11(7-8-14(15)20-2)10-19-13-6-4-5-12(17)16(13)18/h4-9,19H,3,10,18H2,1-2H3. The van der Waals surface area contributed by atoms with Crippen molar-refractivity contribution in [2.45, 2.75) is 13.5 Å². The van der Waals surface area contributed by atoms with Gasteiger partial charge in [-0.1, -0.05) is 23.7 Å². The number of nitrogens with two attached hydrogens (primary N) is 1. The third-order valence-electron chi connectivity index (χ3n) is 3.06. The molecule has 0 saturated carbocycles. The summed E-state index contributed by atoms with van der Waals surface area (Å²) >= 11 is 6.00. The summed E-state index contributed by atoms with van der Waals surface area (Å²) in [6, 6.07) is 11.4. The SMILES string of the molecule is CCOc1cc(CNc2cccc(Cl)c2N)ccc1OC. The van der Waals surface area contributed by atoms with Gasteiger partial charge in [-0.2, -0.15) is 0 Å². The van der Waals surface area contributed by atoms with Gasteiger partial charge in [-0.05, 0) is 36.8 Å².